The molecule has 80 valence electrons. The Morgan fingerprint density at radius 2 is 2.36 bits per heavy atom. The first-order chi connectivity index (χ1) is 6.56. The van der Waals surface area contributed by atoms with Gasteiger partial charge in [-0.15, -0.1) is 11.3 Å². The van der Waals surface area contributed by atoms with E-state index in [1.807, 2.05) is 6.26 Å². The van der Waals surface area contributed by atoms with E-state index in [0.29, 0.717) is 12.2 Å². The van der Waals surface area contributed by atoms with Gasteiger partial charge in [0, 0.05) is 23.4 Å². The molecule has 3 N–H and O–H groups in total. The number of nitrogens with one attached hydrogen (secondary N) is 1. The van der Waals surface area contributed by atoms with Crippen molar-refractivity contribution < 1.29 is 8.42 Å². The van der Waals surface area contributed by atoms with Crippen LogP contribution in [0.4, 0.5) is 5.69 Å². The summed E-state index contributed by atoms with van der Waals surface area (Å²) >= 11 is 2.73. The van der Waals surface area contributed by atoms with E-state index in [-0.39, 0.29) is 4.21 Å². The summed E-state index contributed by atoms with van der Waals surface area (Å²) < 4.78 is 25.9. The van der Waals surface area contributed by atoms with Crippen LogP contribution in [-0.4, -0.2) is 27.0 Å². The molecule has 4 nitrogen and oxygen atoms in total. The van der Waals surface area contributed by atoms with E-state index in [4.69, 9.17) is 5.73 Å². The van der Waals surface area contributed by atoms with Crippen molar-refractivity contribution in [3.05, 3.63) is 11.4 Å². The van der Waals surface area contributed by atoms with Crippen molar-refractivity contribution in [1.82, 2.24) is 4.72 Å². The smallest absolute Gasteiger partial charge is 0.250 e. The molecule has 7 heteroatoms. The van der Waals surface area contributed by atoms with Crippen molar-refractivity contribution in [3.63, 3.8) is 0 Å². The largest absolute Gasteiger partial charge is 0.398 e. The van der Waals surface area contributed by atoms with E-state index < -0.39 is 10.0 Å². The maximum absolute atomic E-state index is 11.6. The minimum atomic E-state index is -3.34. The molecule has 0 aromatic carbocycles. The lowest BCUT2D eigenvalue weighted by atomic mass is 10.6. The van der Waals surface area contributed by atoms with Gasteiger partial charge in [0.15, 0.2) is 0 Å². The number of thioether (sulfide) groups is 1. The monoisotopic (exact) mass is 252 g/mol. The van der Waals surface area contributed by atoms with Crippen LogP contribution in [0.1, 0.15) is 0 Å². The summed E-state index contributed by atoms with van der Waals surface area (Å²) in [5.74, 6) is 0.764. The molecule has 0 aliphatic carbocycles. The van der Waals surface area contributed by atoms with Gasteiger partial charge < -0.3 is 5.73 Å². The van der Waals surface area contributed by atoms with Gasteiger partial charge >= 0.3 is 0 Å². The Bertz CT molecular complexity index is 385. The van der Waals surface area contributed by atoms with Crippen molar-refractivity contribution >= 4 is 38.8 Å². The summed E-state index contributed by atoms with van der Waals surface area (Å²) in [6, 6.07) is 1.46. The lowest BCUT2D eigenvalue weighted by Gasteiger charge is -2.02. The van der Waals surface area contributed by atoms with Crippen LogP contribution in [0, 0.1) is 0 Å². The molecule has 0 saturated heterocycles. The van der Waals surface area contributed by atoms with E-state index in [2.05, 4.69) is 4.72 Å². The van der Waals surface area contributed by atoms with Crippen LogP contribution in [0.15, 0.2) is 15.7 Å². The summed E-state index contributed by atoms with van der Waals surface area (Å²) in [6.45, 7) is 0.446. The molecule has 1 aromatic heterocycles. The third-order valence-electron chi connectivity index (χ3n) is 1.46. The van der Waals surface area contributed by atoms with E-state index in [1.54, 1.807) is 17.1 Å². The van der Waals surface area contributed by atoms with Crippen molar-refractivity contribution in [3.8, 4) is 0 Å². The Morgan fingerprint density at radius 1 is 1.64 bits per heavy atom. The first-order valence-corrected chi connectivity index (χ1v) is 7.64. The number of hydrogen-bond donors (Lipinski definition) is 2. The fourth-order valence-corrected chi connectivity index (χ4v) is 3.41. The van der Waals surface area contributed by atoms with Crippen molar-refractivity contribution in [2.75, 3.05) is 24.3 Å². The van der Waals surface area contributed by atoms with Crippen LogP contribution in [-0.2, 0) is 10.0 Å². The Balaban J connectivity index is 2.66. The second-order valence-electron chi connectivity index (χ2n) is 2.59. The van der Waals surface area contributed by atoms with Crippen molar-refractivity contribution in [1.29, 1.82) is 0 Å². The predicted octanol–water partition coefficient (Wildman–Crippen LogP) is 0.972. The zero-order valence-corrected chi connectivity index (χ0v) is 10.1. The molecule has 0 unspecified atom stereocenters. The third-order valence-corrected chi connectivity index (χ3v) is 4.99. The van der Waals surface area contributed by atoms with Crippen molar-refractivity contribution in [2.45, 2.75) is 4.21 Å². The van der Waals surface area contributed by atoms with Gasteiger partial charge in [-0.1, -0.05) is 0 Å². The molecule has 0 aliphatic rings. The summed E-state index contributed by atoms with van der Waals surface area (Å²) in [4.78, 5) is 0. The minimum Gasteiger partial charge on any atom is -0.398 e. The molecule has 1 rings (SSSR count). The normalized spacial score (nSPS) is 11.8. The standard InChI is InChI=1S/C7H12N2O2S3/c1-12-3-2-9-14(10,11)7-4-6(8)5-13-7/h4-5,9H,2-3,8H2,1H3. The molecule has 0 fully saturated rings. The SMILES string of the molecule is CSCCNS(=O)(=O)c1cc(N)cs1. The van der Waals surface area contributed by atoms with Gasteiger partial charge in [0.05, 0.1) is 0 Å². The van der Waals surface area contributed by atoms with Gasteiger partial charge in [-0.05, 0) is 12.3 Å². The topological polar surface area (TPSA) is 72.2 Å². The molecule has 0 bridgehead atoms. The molecule has 0 atom stereocenters. The van der Waals surface area contributed by atoms with E-state index in [9.17, 15) is 8.42 Å². The first kappa shape index (κ1) is 11.8. The fraction of sp³-hybridized carbons (Fsp3) is 0.429. The summed E-state index contributed by atoms with van der Waals surface area (Å²) in [7, 11) is -3.34. The Morgan fingerprint density at radius 3 is 2.86 bits per heavy atom. The van der Waals surface area contributed by atoms with E-state index in [0.717, 1.165) is 17.1 Å². The molecule has 0 spiro atoms. The second-order valence-corrected chi connectivity index (χ2v) is 6.48. The average Bonchev–Trinajstić information content (AvgIpc) is 2.53. The quantitative estimate of drug-likeness (QED) is 0.766. The molecule has 14 heavy (non-hydrogen) atoms. The number of sulfonamides is 1. The molecule has 1 aromatic rings. The maximum atomic E-state index is 11.6. The second kappa shape index (κ2) is 5.01. The lowest BCUT2D eigenvalue weighted by molar-refractivity contribution is 0.586. The van der Waals surface area contributed by atoms with Crippen LogP contribution < -0.4 is 10.5 Å². The number of hydrogen-bond acceptors (Lipinski definition) is 5. The van der Waals surface area contributed by atoms with Crippen LogP contribution in [0.3, 0.4) is 0 Å². The third kappa shape index (κ3) is 3.16. The van der Waals surface area contributed by atoms with Gasteiger partial charge in [0.1, 0.15) is 4.21 Å². The molecule has 0 amide bonds. The number of thiophene rings is 1. The summed E-state index contributed by atoms with van der Waals surface area (Å²) in [6.07, 6.45) is 1.93. The van der Waals surface area contributed by atoms with Gasteiger partial charge in [-0.3, -0.25) is 0 Å². The number of anilines is 1. The highest BCUT2D eigenvalue weighted by Gasteiger charge is 2.14. The zero-order chi connectivity index (χ0) is 10.6. The fourth-order valence-electron chi connectivity index (χ4n) is 0.820. The molecule has 0 aliphatic heterocycles. The number of rotatable bonds is 5. The van der Waals surface area contributed by atoms with Crippen LogP contribution in [0.25, 0.3) is 0 Å². The van der Waals surface area contributed by atoms with E-state index in [1.165, 1.54) is 6.07 Å². The average molecular weight is 252 g/mol. The lowest BCUT2D eigenvalue weighted by Crippen LogP contribution is -2.25. The van der Waals surface area contributed by atoms with Gasteiger partial charge in [-0.25, -0.2) is 13.1 Å². The molecular formula is C7H12N2O2S3. The first-order valence-electron chi connectivity index (χ1n) is 3.89. The highest BCUT2D eigenvalue weighted by Crippen LogP contribution is 2.21. The highest BCUT2D eigenvalue weighted by atomic mass is 32.2. The number of nitrogen functional groups attached to an aromatic ring is 1. The summed E-state index contributed by atoms with van der Waals surface area (Å²) in [5, 5.41) is 1.61. The molecular weight excluding hydrogens is 240 g/mol. The molecule has 1 heterocycles. The maximum Gasteiger partial charge on any atom is 0.250 e. The Kier molecular flexibility index (Phi) is 4.24. The Hall–Kier alpha value is -0.240. The van der Waals surface area contributed by atoms with Crippen LogP contribution in [0.2, 0.25) is 0 Å². The van der Waals surface area contributed by atoms with Gasteiger partial charge in [0.2, 0.25) is 10.0 Å². The minimum absolute atomic E-state index is 0.274. The zero-order valence-electron chi connectivity index (χ0n) is 7.69. The van der Waals surface area contributed by atoms with E-state index >= 15 is 0 Å². The Labute approximate surface area is 91.9 Å². The highest BCUT2D eigenvalue weighted by molar-refractivity contribution is 7.98. The number of nitrogens with two attached hydrogens (primary N) is 1. The van der Waals surface area contributed by atoms with Gasteiger partial charge in [0.25, 0.3) is 0 Å². The van der Waals surface area contributed by atoms with Crippen LogP contribution in [0.5, 0.6) is 0 Å². The molecule has 0 radical (unpaired) electrons. The van der Waals surface area contributed by atoms with Gasteiger partial charge in [-0.2, -0.15) is 11.8 Å². The predicted molar refractivity (Wildman–Crippen MR) is 62.3 cm³/mol. The van der Waals surface area contributed by atoms with Crippen molar-refractivity contribution in [2.24, 2.45) is 0 Å². The molecule has 0 saturated carbocycles. The summed E-state index contributed by atoms with van der Waals surface area (Å²) in [5.41, 5.74) is 5.93. The van der Waals surface area contributed by atoms with Crippen LogP contribution >= 0.6 is 23.1 Å².